The number of piperidine rings is 1. The van der Waals surface area contributed by atoms with Crippen molar-refractivity contribution in [1.29, 1.82) is 0 Å². The first-order chi connectivity index (χ1) is 12.0. The number of methoxy groups -OCH3 is 1. The first kappa shape index (κ1) is 18.9. The second-order valence-corrected chi connectivity index (χ2v) is 6.47. The quantitative estimate of drug-likeness (QED) is 0.851. The third-order valence-electron chi connectivity index (χ3n) is 4.34. The highest BCUT2D eigenvalue weighted by Gasteiger charge is 2.24. The number of benzene rings is 1. The SMILES string of the molecule is COC(=O)N1CCCC(NC(=O)NCCc2ccc(N(C)C)cc2)C1. The molecule has 1 aliphatic heterocycles. The third kappa shape index (κ3) is 5.85. The monoisotopic (exact) mass is 348 g/mol. The fraction of sp³-hybridized carbons (Fsp3) is 0.556. The van der Waals surface area contributed by atoms with Gasteiger partial charge in [0.15, 0.2) is 0 Å². The molecule has 0 bridgehead atoms. The zero-order valence-corrected chi connectivity index (χ0v) is 15.2. The zero-order chi connectivity index (χ0) is 18.2. The van der Waals surface area contributed by atoms with Gasteiger partial charge in [0.2, 0.25) is 0 Å². The largest absolute Gasteiger partial charge is 0.453 e. The van der Waals surface area contributed by atoms with Crippen LogP contribution in [0.3, 0.4) is 0 Å². The maximum atomic E-state index is 12.0. The summed E-state index contributed by atoms with van der Waals surface area (Å²) < 4.78 is 4.74. The summed E-state index contributed by atoms with van der Waals surface area (Å²) in [7, 11) is 5.39. The summed E-state index contributed by atoms with van der Waals surface area (Å²) >= 11 is 0. The highest BCUT2D eigenvalue weighted by atomic mass is 16.5. The van der Waals surface area contributed by atoms with Gasteiger partial charge in [-0.05, 0) is 37.0 Å². The number of ether oxygens (including phenoxy) is 1. The molecule has 1 aromatic carbocycles. The maximum absolute atomic E-state index is 12.0. The summed E-state index contributed by atoms with van der Waals surface area (Å²) in [5.41, 5.74) is 2.34. The van der Waals surface area contributed by atoms with E-state index >= 15 is 0 Å². The second kappa shape index (κ2) is 9.15. The van der Waals surface area contributed by atoms with E-state index in [9.17, 15) is 9.59 Å². The van der Waals surface area contributed by atoms with Crippen molar-refractivity contribution >= 4 is 17.8 Å². The van der Waals surface area contributed by atoms with E-state index in [2.05, 4.69) is 39.8 Å². The van der Waals surface area contributed by atoms with Gasteiger partial charge in [0, 0.05) is 45.5 Å². The highest BCUT2D eigenvalue weighted by molar-refractivity contribution is 5.74. The van der Waals surface area contributed by atoms with Crippen LogP contribution in [0.15, 0.2) is 24.3 Å². The minimum absolute atomic E-state index is 0.0350. The summed E-state index contributed by atoms with van der Waals surface area (Å²) in [6.45, 7) is 1.74. The molecule has 25 heavy (non-hydrogen) atoms. The number of anilines is 1. The van der Waals surface area contributed by atoms with Gasteiger partial charge in [-0.1, -0.05) is 12.1 Å². The first-order valence-electron chi connectivity index (χ1n) is 8.63. The Morgan fingerprint density at radius 3 is 2.64 bits per heavy atom. The molecule has 1 fully saturated rings. The molecule has 2 rings (SSSR count). The van der Waals surface area contributed by atoms with Gasteiger partial charge in [0.1, 0.15) is 0 Å². The Labute approximate surface area is 149 Å². The van der Waals surface area contributed by atoms with Crippen molar-refractivity contribution < 1.29 is 14.3 Å². The standard InChI is InChI=1S/C18H28N4O3/c1-21(2)16-8-6-14(7-9-16)10-11-19-17(23)20-15-5-4-12-22(13-15)18(24)25-3/h6-9,15H,4-5,10-13H2,1-3H3,(H2,19,20,23). The molecule has 0 saturated carbocycles. The smallest absolute Gasteiger partial charge is 0.409 e. The lowest BCUT2D eigenvalue weighted by atomic mass is 10.1. The molecule has 1 heterocycles. The van der Waals surface area contributed by atoms with E-state index in [1.165, 1.54) is 12.7 Å². The van der Waals surface area contributed by atoms with Crippen LogP contribution in [-0.2, 0) is 11.2 Å². The molecule has 2 N–H and O–H groups in total. The molecule has 0 radical (unpaired) electrons. The zero-order valence-electron chi connectivity index (χ0n) is 15.2. The molecule has 0 spiro atoms. The maximum Gasteiger partial charge on any atom is 0.409 e. The molecule has 7 nitrogen and oxygen atoms in total. The number of amides is 3. The number of nitrogens with one attached hydrogen (secondary N) is 2. The van der Waals surface area contributed by atoms with Crippen molar-refractivity contribution in [1.82, 2.24) is 15.5 Å². The minimum Gasteiger partial charge on any atom is -0.453 e. The number of carbonyl (C=O) groups is 2. The van der Waals surface area contributed by atoms with Crippen LogP contribution in [0, 0.1) is 0 Å². The Hall–Kier alpha value is -2.44. The first-order valence-corrected chi connectivity index (χ1v) is 8.63. The number of carbonyl (C=O) groups excluding carboxylic acids is 2. The predicted molar refractivity (Wildman–Crippen MR) is 98.0 cm³/mol. The second-order valence-electron chi connectivity index (χ2n) is 6.47. The van der Waals surface area contributed by atoms with Crippen molar-refractivity contribution in [3.63, 3.8) is 0 Å². The van der Waals surface area contributed by atoms with Crippen LogP contribution in [0.2, 0.25) is 0 Å². The summed E-state index contributed by atoms with van der Waals surface area (Å²) in [4.78, 5) is 27.3. The fourth-order valence-corrected chi connectivity index (χ4v) is 2.91. The molecule has 3 amide bonds. The molecule has 0 aliphatic carbocycles. The van der Waals surface area contributed by atoms with E-state index in [-0.39, 0.29) is 18.2 Å². The average Bonchev–Trinajstić information content (AvgIpc) is 2.61. The topological polar surface area (TPSA) is 73.9 Å². The summed E-state index contributed by atoms with van der Waals surface area (Å²) in [6, 6.07) is 8.06. The Bertz CT molecular complexity index is 574. The lowest BCUT2D eigenvalue weighted by Crippen LogP contribution is -2.52. The molecule has 1 atom stereocenters. The molecule has 1 saturated heterocycles. The van der Waals surface area contributed by atoms with E-state index in [4.69, 9.17) is 4.74 Å². The molecule has 1 aliphatic rings. The van der Waals surface area contributed by atoms with Crippen LogP contribution < -0.4 is 15.5 Å². The normalized spacial score (nSPS) is 16.9. The number of likely N-dealkylation sites (tertiary alicyclic amines) is 1. The lowest BCUT2D eigenvalue weighted by Gasteiger charge is -2.32. The van der Waals surface area contributed by atoms with Crippen molar-refractivity contribution in [2.45, 2.75) is 25.3 Å². The van der Waals surface area contributed by atoms with E-state index in [1.54, 1.807) is 4.90 Å². The van der Waals surface area contributed by atoms with Gasteiger partial charge in [-0.3, -0.25) is 0 Å². The van der Waals surface area contributed by atoms with Gasteiger partial charge < -0.3 is 25.2 Å². The molecular formula is C18H28N4O3. The van der Waals surface area contributed by atoms with Gasteiger partial charge in [-0.25, -0.2) is 9.59 Å². The van der Waals surface area contributed by atoms with E-state index < -0.39 is 0 Å². The van der Waals surface area contributed by atoms with Crippen LogP contribution in [0.4, 0.5) is 15.3 Å². The Morgan fingerprint density at radius 1 is 1.28 bits per heavy atom. The predicted octanol–water partition coefficient (Wildman–Crippen LogP) is 1.83. The van der Waals surface area contributed by atoms with Crippen LogP contribution in [0.5, 0.6) is 0 Å². The van der Waals surface area contributed by atoms with E-state index in [0.717, 1.165) is 24.9 Å². The molecule has 1 aromatic rings. The van der Waals surface area contributed by atoms with Gasteiger partial charge in [0.25, 0.3) is 0 Å². The number of hydrogen-bond acceptors (Lipinski definition) is 4. The highest BCUT2D eigenvalue weighted by Crippen LogP contribution is 2.13. The van der Waals surface area contributed by atoms with Crippen LogP contribution >= 0.6 is 0 Å². The average molecular weight is 348 g/mol. The fourth-order valence-electron chi connectivity index (χ4n) is 2.91. The van der Waals surface area contributed by atoms with E-state index in [1.807, 2.05) is 14.1 Å². The summed E-state index contributed by atoms with van der Waals surface area (Å²) in [5, 5.41) is 5.81. The van der Waals surface area contributed by atoms with Crippen LogP contribution in [-0.4, -0.2) is 63.9 Å². The van der Waals surface area contributed by atoms with Crippen molar-refractivity contribution in [2.75, 3.05) is 45.7 Å². The molecule has 138 valence electrons. The van der Waals surface area contributed by atoms with E-state index in [0.29, 0.717) is 19.6 Å². The number of hydrogen-bond donors (Lipinski definition) is 2. The molecule has 0 aromatic heterocycles. The van der Waals surface area contributed by atoms with Crippen LogP contribution in [0.1, 0.15) is 18.4 Å². The van der Waals surface area contributed by atoms with Crippen molar-refractivity contribution in [3.05, 3.63) is 29.8 Å². The molecule has 1 unspecified atom stereocenters. The van der Waals surface area contributed by atoms with Gasteiger partial charge >= 0.3 is 12.1 Å². The third-order valence-corrected chi connectivity index (χ3v) is 4.34. The van der Waals surface area contributed by atoms with Gasteiger partial charge in [-0.2, -0.15) is 0 Å². The Morgan fingerprint density at radius 2 is 2.00 bits per heavy atom. The van der Waals surface area contributed by atoms with Crippen LogP contribution in [0.25, 0.3) is 0 Å². The number of rotatable bonds is 5. The van der Waals surface area contributed by atoms with Gasteiger partial charge in [-0.15, -0.1) is 0 Å². The van der Waals surface area contributed by atoms with Crippen molar-refractivity contribution in [3.8, 4) is 0 Å². The number of urea groups is 1. The molecular weight excluding hydrogens is 320 g/mol. The Kier molecular flexibility index (Phi) is 6.91. The summed E-state index contributed by atoms with van der Waals surface area (Å²) in [6.07, 6.45) is 2.17. The minimum atomic E-state index is -0.340. The van der Waals surface area contributed by atoms with Crippen molar-refractivity contribution in [2.24, 2.45) is 0 Å². The molecule has 7 heteroatoms. The Balaban J connectivity index is 1.70. The summed E-state index contributed by atoms with van der Waals surface area (Å²) in [5.74, 6) is 0. The van der Waals surface area contributed by atoms with Gasteiger partial charge in [0.05, 0.1) is 7.11 Å². The number of nitrogens with zero attached hydrogens (tertiary/aromatic N) is 2. The lowest BCUT2D eigenvalue weighted by molar-refractivity contribution is 0.108.